The predicted molar refractivity (Wildman–Crippen MR) is 99.3 cm³/mol. The van der Waals surface area contributed by atoms with Crippen molar-refractivity contribution in [1.29, 1.82) is 0 Å². The average Bonchev–Trinajstić information content (AvgIpc) is 2.41. The van der Waals surface area contributed by atoms with Crippen molar-refractivity contribution in [2.45, 2.75) is 38.5 Å². The van der Waals surface area contributed by atoms with Crippen LogP contribution in [0.3, 0.4) is 0 Å². The molecule has 1 amide bonds. The number of amides is 1. The van der Waals surface area contributed by atoms with Crippen molar-refractivity contribution in [1.82, 2.24) is 15.4 Å². The number of aryl methyl sites for hydroxylation is 3. The fourth-order valence-corrected chi connectivity index (χ4v) is 4.02. The molecule has 0 spiro atoms. The molecular formula is C16H28ClN3O3S. The highest BCUT2D eigenvalue weighted by molar-refractivity contribution is 7.89. The number of halogens is 1. The number of rotatable bonds is 9. The summed E-state index contributed by atoms with van der Waals surface area (Å²) in [6.07, 6.45) is 0.971. The number of carbonyl (C=O) groups is 1. The summed E-state index contributed by atoms with van der Waals surface area (Å²) in [6.45, 7) is 7.00. The Morgan fingerprint density at radius 3 is 2.17 bits per heavy atom. The number of benzene rings is 1. The fraction of sp³-hybridized carbons (Fsp3) is 0.562. The molecule has 1 rings (SSSR count). The second-order valence-electron chi connectivity index (χ2n) is 5.68. The van der Waals surface area contributed by atoms with Crippen molar-refractivity contribution < 1.29 is 13.2 Å². The van der Waals surface area contributed by atoms with Crippen LogP contribution in [0.5, 0.6) is 0 Å². The minimum Gasteiger partial charge on any atom is -0.356 e. The average molecular weight is 378 g/mol. The molecule has 0 saturated carbocycles. The molecule has 0 saturated heterocycles. The molecule has 0 radical (unpaired) electrons. The molecule has 138 valence electrons. The number of nitrogens with one attached hydrogen (secondary N) is 3. The van der Waals surface area contributed by atoms with Gasteiger partial charge in [-0.2, -0.15) is 0 Å². The summed E-state index contributed by atoms with van der Waals surface area (Å²) in [4.78, 5) is 11.9. The lowest BCUT2D eigenvalue weighted by molar-refractivity contribution is -0.120. The standard InChI is InChI=1S/C16H27N3O3S.ClH/c1-12-10-13(2)16(14(3)11-12)23(21,22)19-9-6-15(20)18-8-5-7-17-4;/h10-11,17,19H,5-9H2,1-4H3,(H,18,20);1H. The predicted octanol–water partition coefficient (Wildman–Crippen LogP) is 1.43. The summed E-state index contributed by atoms with van der Waals surface area (Å²) in [5.41, 5.74) is 2.46. The number of sulfonamides is 1. The molecule has 0 aliphatic heterocycles. The van der Waals surface area contributed by atoms with Crippen LogP contribution >= 0.6 is 12.4 Å². The first-order valence-corrected chi connectivity index (χ1v) is 9.25. The van der Waals surface area contributed by atoms with Gasteiger partial charge in [0.25, 0.3) is 0 Å². The van der Waals surface area contributed by atoms with Crippen molar-refractivity contribution in [3.05, 3.63) is 28.8 Å². The Bertz CT molecular complexity index is 625. The summed E-state index contributed by atoms with van der Waals surface area (Å²) < 4.78 is 27.3. The molecule has 0 aliphatic carbocycles. The number of carbonyl (C=O) groups excluding carboxylic acids is 1. The van der Waals surface area contributed by atoms with E-state index in [0.717, 1.165) is 18.5 Å². The SMILES string of the molecule is CNCCCNC(=O)CCNS(=O)(=O)c1c(C)cc(C)cc1C.Cl. The Morgan fingerprint density at radius 1 is 1.04 bits per heavy atom. The van der Waals surface area contributed by atoms with Gasteiger partial charge in [0.15, 0.2) is 0 Å². The Kier molecular flexibility index (Phi) is 10.1. The van der Waals surface area contributed by atoms with Gasteiger partial charge in [-0.05, 0) is 51.9 Å². The molecule has 1 aromatic rings. The van der Waals surface area contributed by atoms with E-state index >= 15 is 0 Å². The maximum atomic E-state index is 12.4. The molecule has 0 unspecified atom stereocenters. The lowest BCUT2D eigenvalue weighted by atomic mass is 10.1. The molecule has 0 heterocycles. The molecule has 8 heteroatoms. The van der Waals surface area contributed by atoms with E-state index < -0.39 is 10.0 Å². The van der Waals surface area contributed by atoms with Crippen molar-refractivity contribution >= 4 is 28.3 Å². The maximum Gasteiger partial charge on any atom is 0.241 e. The quantitative estimate of drug-likeness (QED) is 0.568. The second kappa shape index (κ2) is 10.7. The van der Waals surface area contributed by atoms with Crippen molar-refractivity contribution in [2.24, 2.45) is 0 Å². The Hall–Kier alpha value is -1.15. The van der Waals surface area contributed by atoms with Crippen LogP contribution < -0.4 is 15.4 Å². The number of hydrogen-bond donors (Lipinski definition) is 3. The normalized spacial score (nSPS) is 11.0. The van der Waals surface area contributed by atoms with Crippen molar-refractivity contribution in [3.63, 3.8) is 0 Å². The molecule has 0 atom stereocenters. The van der Waals surface area contributed by atoms with E-state index in [4.69, 9.17) is 0 Å². The second-order valence-corrected chi connectivity index (χ2v) is 7.39. The smallest absolute Gasteiger partial charge is 0.241 e. The molecule has 0 fully saturated rings. The van der Waals surface area contributed by atoms with E-state index in [0.29, 0.717) is 22.6 Å². The molecule has 0 aliphatic rings. The van der Waals surface area contributed by atoms with E-state index in [1.165, 1.54) is 0 Å². The van der Waals surface area contributed by atoms with Crippen LogP contribution in [-0.2, 0) is 14.8 Å². The van der Waals surface area contributed by atoms with Crippen LogP contribution in [0.15, 0.2) is 17.0 Å². The van der Waals surface area contributed by atoms with E-state index in [9.17, 15) is 13.2 Å². The van der Waals surface area contributed by atoms with Crippen molar-refractivity contribution in [3.8, 4) is 0 Å². The topological polar surface area (TPSA) is 87.3 Å². The van der Waals surface area contributed by atoms with E-state index in [1.54, 1.807) is 13.8 Å². The van der Waals surface area contributed by atoms with Gasteiger partial charge < -0.3 is 10.6 Å². The zero-order valence-corrected chi connectivity index (χ0v) is 16.4. The van der Waals surface area contributed by atoms with Gasteiger partial charge in [-0.1, -0.05) is 17.7 Å². The summed E-state index contributed by atoms with van der Waals surface area (Å²) in [5, 5.41) is 5.75. The molecule has 1 aromatic carbocycles. The third-order valence-corrected chi connectivity index (χ3v) is 5.21. The zero-order valence-electron chi connectivity index (χ0n) is 14.7. The van der Waals surface area contributed by atoms with Crippen LogP contribution in [0.2, 0.25) is 0 Å². The van der Waals surface area contributed by atoms with Gasteiger partial charge in [0, 0.05) is 19.5 Å². The first kappa shape index (κ1) is 22.9. The molecule has 6 nitrogen and oxygen atoms in total. The van der Waals surface area contributed by atoms with Gasteiger partial charge in [0.05, 0.1) is 4.90 Å². The van der Waals surface area contributed by atoms with Crippen LogP contribution in [0.4, 0.5) is 0 Å². The van der Waals surface area contributed by atoms with Gasteiger partial charge in [-0.25, -0.2) is 13.1 Å². The van der Waals surface area contributed by atoms with Gasteiger partial charge in [-0.15, -0.1) is 12.4 Å². The summed E-state index contributed by atoms with van der Waals surface area (Å²) in [6, 6.07) is 3.69. The molecule has 24 heavy (non-hydrogen) atoms. The first-order chi connectivity index (χ1) is 10.8. The van der Waals surface area contributed by atoms with E-state index in [2.05, 4.69) is 15.4 Å². The highest BCUT2D eigenvalue weighted by Crippen LogP contribution is 2.21. The van der Waals surface area contributed by atoms with Crippen LogP contribution in [0.1, 0.15) is 29.5 Å². The number of hydrogen-bond acceptors (Lipinski definition) is 4. The summed E-state index contributed by atoms with van der Waals surface area (Å²) in [7, 11) is -1.75. The highest BCUT2D eigenvalue weighted by Gasteiger charge is 2.19. The summed E-state index contributed by atoms with van der Waals surface area (Å²) >= 11 is 0. The lowest BCUT2D eigenvalue weighted by Crippen LogP contribution is -2.32. The first-order valence-electron chi connectivity index (χ1n) is 7.76. The van der Waals surface area contributed by atoms with Crippen LogP contribution in [0.25, 0.3) is 0 Å². The largest absolute Gasteiger partial charge is 0.356 e. The molecular weight excluding hydrogens is 350 g/mol. The Labute approximate surface area is 151 Å². The van der Waals surface area contributed by atoms with Gasteiger partial charge in [-0.3, -0.25) is 4.79 Å². The van der Waals surface area contributed by atoms with Crippen LogP contribution in [-0.4, -0.2) is 41.0 Å². The third-order valence-electron chi connectivity index (χ3n) is 3.44. The van der Waals surface area contributed by atoms with Gasteiger partial charge in [0.2, 0.25) is 15.9 Å². The minimum absolute atomic E-state index is 0. The highest BCUT2D eigenvalue weighted by atomic mass is 35.5. The van der Waals surface area contributed by atoms with Crippen molar-refractivity contribution in [2.75, 3.05) is 26.7 Å². The van der Waals surface area contributed by atoms with E-state index in [1.807, 2.05) is 26.1 Å². The molecule has 3 N–H and O–H groups in total. The zero-order chi connectivity index (χ0) is 17.5. The molecule has 0 bridgehead atoms. The Balaban J connectivity index is 0.00000529. The third kappa shape index (κ3) is 7.17. The Morgan fingerprint density at radius 2 is 1.62 bits per heavy atom. The lowest BCUT2D eigenvalue weighted by Gasteiger charge is -2.13. The fourth-order valence-electron chi connectivity index (χ4n) is 2.54. The van der Waals surface area contributed by atoms with E-state index in [-0.39, 0.29) is 31.3 Å². The maximum absolute atomic E-state index is 12.4. The summed E-state index contributed by atoms with van der Waals surface area (Å²) in [5.74, 6) is -0.152. The molecule has 0 aromatic heterocycles. The monoisotopic (exact) mass is 377 g/mol. The van der Waals surface area contributed by atoms with Gasteiger partial charge in [0.1, 0.15) is 0 Å². The van der Waals surface area contributed by atoms with Crippen LogP contribution in [0, 0.1) is 20.8 Å². The minimum atomic E-state index is -3.60. The van der Waals surface area contributed by atoms with Gasteiger partial charge >= 0.3 is 0 Å².